The molecule has 1 aliphatic rings. The summed E-state index contributed by atoms with van der Waals surface area (Å²) < 4.78 is 5.41. The molecule has 1 saturated heterocycles. The van der Waals surface area contributed by atoms with Crippen LogP contribution in [0.15, 0.2) is 53.1 Å². The maximum absolute atomic E-state index is 12.7. The number of benzene rings is 2. The maximum atomic E-state index is 12.7. The lowest BCUT2D eigenvalue weighted by atomic mass is 10.2. The average molecular weight is 451 g/mol. The van der Waals surface area contributed by atoms with E-state index in [0.717, 1.165) is 35.5 Å². The lowest BCUT2D eigenvalue weighted by Crippen LogP contribution is -2.48. The van der Waals surface area contributed by atoms with Crippen LogP contribution in [0.3, 0.4) is 0 Å². The molecule has 0 radical (unpaired) electrons. The Morgan fingerprint density at radius 1 is 1.03 bits per heavy atom. The van der Waals surface area contributed by atoms with Crippen molar-refractivity contribution in [3.63, 3.8) is 0 Å². The van der Waals surface area contributed by atoms with Crippen LogP contribution in [0.4, 0.5) is 0 Å². The van der Waals surface area contributed by atoms with Gasteiger partial charge in [-0.25, -0.2) is 4.98 Å². The van der Waals surface area contributed by atoms with Crippen molar-refractivity contribution in [1.29, 1.82) is 0 Å². The third kappa shape index (κ3) is 4.66. The molecule has 32 heavy (non-hydrogen) atoms. The zero-order chi connectivity index (χ0) is 21.9. The number of piperazine rings is 1. The van der Waals surface area contributed by atoms with Gasteiger partial charge < -0.3 is 14.4 Å². The Bertz CT molecular complexity index is 1180. The second-order valence-electron chi connectivity index (χ2n) is 7.88. The number of H-pyrrole nitrogens is 1. The number of halogens is 1. The number of carbonyl (C=O) groups is 1. The number of carbonyl (C=O) groups excluding carboxylic acids is 1. The average Bonchev–Trinajstić information content (AvgIpc) is 3.45. The summed E-state index contributed by atoms with van der Waals surface area (Å²) in [4.78, 5) is 29.1. The maximum Gasteiger partial charge on any atom is 0.241 e. The van der Waals surface area contributed by atoms with E-state index in [2.05, 4.69) is 25.0 Å². The molecule has 1 fully saturated rings. The Kier molecular flexibility index (Phi) is 5.87. The van der Waals surface area contributed by atoms with Crippen molar-refractivity contribution in [3.05, 3.63) is 65.3 Å². The predicted octanol–water partition coefficient (Wildman–Crippen LogP) is 3.54. The van der Waals surface area contributed by atoms with Crippen molar-refractivity contribution < 1.29 is 9.32 Å². The Balaban J connectivity index is 1.10. The molecule has 0 aliphatic carbocycles. The number of para-hydroxylation sites is 2. The van der Waals surface area contributed by atoms with Gasteiger partial charge in [-0.3, -0.25) is 9.69 Å². The van der Waals surface area contributed by atoms with Crippen LogP contribution in [0.1, 0.15) is 18.1 Å². The highest BCUT2D eigenvalue weighted by molar-refractivity contribution is 6.30. The second-order valence-corrected chi connectivity index (χ2v) is 8.31. The Morgan fingerprint density at radius 3 is 2.59 bits per heavy atom. The van der Waals surface area contributed by atoms with Crippen LogP contribution in [-0.2, 0) is 17.8 Å². The van der Waals surface area contributed by atoms with Gasteiger partial charge in [0.25, 0.3) is 0 Å². The quantitative estimate of drug-likeness (QED) is 0.483. The summed E-state index contributed by atoms with van der Waals surface area (Å²) in [7, 11) is 0. The van der Waals surface area contributed by atoms with Crippen LogP contribution >= 0.6 is 11.6 Å². The molecule has 0 atom stereocenters. The third-order valence-electron chi connectivity index (χ3n) is 5.67. The van der Waals surface area contributed by atoms with E-state index in [4.69, 9.17) is 16.1 Å². The minimum atomic E-state index is 0.160. The number of aromatic nitrogens is 4. The Morgan fingerprint density at radius 2 is 1.81 bits per heavy atom. The highest BCUT2D eigenvalue weighted by Crippen LogP contribution is 2.19. The van der Waals surface area contributed by atoms with E-state index in [1.165, 1.54) is 0 Å². The van der Waals surface area contributed by atoms with Crippen LogP contribution in [0.25, 0.3) is 22.4 Å². The first-order valence-corrected chi connectivity index (χ1v) is 11.0. The van der Waals surface area contributed by atoms with E-state index in [9.17, 15) is 4.79 Å². The molecule has 0 unspecified atom stereocenters. The van der Waals surface area contributed by atoms with Gasteiger partial charge in [-0.15, -0.1) is 0 Å². The molecule has 2 aromatic heterocycles. The van der Waals surface area contributed by atoms with Crippen molar-refractivity contribution >= 4 is 28.5 Å². The summed E-state index contributed by atoms with van der Waals surface area (Å²) in [5, 5.41) is 4.73. The molecule has 0 spiro atoms. The number of nitrogens with zero attached hydrogens (tertiary/aromatic N) is 5. The molecular weight excluding hydrogens is 428 g/mol. The number of hydrogen-bond donors (Lipinski definition) is 1. The van der Waals surface area contributed by atoms with E-state index in [-0.39, 0.29) is 5.91 Å². The first-order valence-electron chi connectivity index (χ1n) is 10.7. The van der Waals surface area contributed by atoms with Crippen LogP contribution in [0.5, 0.6) is 0 Å². The summed E-state index contributed by atoms with van der Waals surface area (Å²) in [6.07, 6.45) is 1.07. The minimum Gasteiger partial charge on any atom is -0.342 e. The molecule has 3 heterocycles. The fourth-order valence-electron chi connectivity index (χ4n) is 3.89. The van der Waals surface area contributed by atoms with Crippen LogP contribution in [-0.4, -0.2) is 62.0 Å². The molecule has 2 aromatic carbocycles. The highest BCUT2D eigenvalue weighted by Gasteiger charge is 2.23. The van der Waals surface area contributed by atoms with Gasteiger partial charge in [0.2, 0.25) is 17.6 Å². The zero-order valence-electron chi connectivity index (χ0n) is 17.5. The number of rotatable bonds is 6. The monoisotopic (exact) mass is 450 g/mol. The van der Waals surface area contributed by atoms with Gasteiger partial charge >= 0.3 is 0 Å². The van der Waals surface area contributed by atoms with Gasteiger partial charge in [0, 0.05) is 49.6 Å². The van der Waals surface area contributed by atoms with E-state index >= 15 is 0 Å². The van der Waals surface area contributed by atoms with E-state index in [1.54, 1.807) is 12.1 Å². The topological polar surface area (TPSA) is 91.2 Å². The summed E-state index contributed by atoms with van der Waals surface area (Å²) in [6, 6.07) is 15.2. The standard InChI is InChI=1S/C23H23ClN6O2/c24-17-7-5-16(6-8-17)23-27-21(32-28-23)15-29-11-13-30(14-12-29)22(31)10-9-20-25-18-3-1-2-4-19(18)26-20/h1-8H,9-15H2,(H,25,26). The first kappa shape index (κ1) is 20.7. The number of aromatic amines is 1. The van der Waals surface area contributed by atoms with Crippen LogP contribution in [0, 0.1) is 0 Å². The Labute approximate surface area is 190 Å². The van der Waals surface area contributed by atoms with Crippen molar-refractivity contribution in [2.45, 2.75) is 19.4 Å². The number of fused-ring (bicyclic) bond motifs is 1. The molecule has 4 aromatic rings. The number of hydrogen-bond acceptors (Lipinski definition) is 6. The van der Waals surface area contributed by atoms with Gasteiger partial charge in [-0.05, 0) is 36.4 Å². The van der Waals surface area contributed by atoms with Gasteiger partial charge in [0.05, 0.1) is 17.6 Å². The van der Waals surface area contributed by atoms with Gasteiger partial charge in [-0.2, -0.15) is 4.98 Å². The molecule has 1 N–H and O–H groups in total. The molecule has 1 amide bonds. The smallest absolute Gasteiger partial charge is 0.241 e. The van der Waals surface area contributed by atoms with Crippen molar-refractivity contribution in [2.75, 3.05) is 26.2 Å². The third-order valence-corrected chi connectivity index (χ3v) is 5.92. The summed E-state index contributed by atoms with van der Waals surface area (Å²) in [5.74, 6) is 2.13. The Hall–Kier alpha value is -3.23. The van der Waals surface area contributed by atoms with Gasteiger partial charge in [0.15, 0.2) is 0 Å². The predicted molar refractivity (Wildman–Crippen MR) is 121 cm³/mol. The number of imidazole rings is 1. The number of amides is 1. The molecule has 164 valence electrons. The molecule has 8 nitrogen and oxygen atoms in total. The van der Waals surface area contributed by atoms with Crippen LogP contribution < -0.4 is 0 Å². The largest absolute Gasteiger partial charge is 0.342 e. The molecule has 0 saturated carbocycles. The zero-order valence-corrected chi connectivity index (χ0v) is 18.3. The molecule has 9 heteroatoms. The van der Waals surface area contributed by atoms with Crippen molar-refractivity contribution in [2.24, 2.45) is 0 Å². The first-order chi connectivity index (χ1) is 15.6. The summed E-state index contributed by atoms with van der Waals surface area (Å²) >= 11 is 5.93. The molecule has 5 rings (SSSR count). The van der Waals surface area contributed by atoms with Crippen molar-refractivity contribution in [1.82, 2.24) is 29.9 Å². The number of nitrogens with one attached hydrogen (secondary N) is 1. The molecule has 0 bridgehead atoms. The second kappa shape index (κ2) is 9.10. The van der Waals surface area contributed by atoms with Gasteiger partial charge in [0.1, 0.15) is 5.82 Å². The van der Waals surface area contributed by atoms with Gasteiger partial charge in [-0.1, -0.05) is 28.9 Å². The molecule has 1 aliphatic heterocycles. The lowest BCUT2D eigenvalue weighted by Gasteiger charge is -2.34. The van der Waals surface area contributed by atoms with E-state index in [1.807, 2.05) is 41.3 Å². The van der Waals surface area contributed by atoms with E-state index in [0.29, 0.717) is 49.2 Å². The lowest BCUT2D eigenvalue weighted by molar-refractivity contribution is -0.133. The summed E-state index contributed by atoms with van der Waals surface area (Å²) in [5.41, 5.74) is 2.80. The van der Waals surface area contributed by atoms with Crippen molar-refractivity contribution in [3.8, 4) is 11.4 Å². The minimum absolute atomic E-state index is 0.160. The fourth-order valence-corrected chi connectivity index (χ4v) is 4.02. The fraction of sp³-hybridized carbons (Fsp3) is 0.304. The normalized spacial score (nSPS) is 14.8. The van der Waals surface area contributed by atoms with Crippen LogP contribution in [0.2, 0.25) is 5.02 Å². The van der Waals surface area contributed by atoms with E-state index < -0.39 is 0 Å². The summed E-state index contributed by atoms with van der Waals surface area (Å²) in [6.45, 7) is 3.50. The molecular formula is C23H23ClN6O2. The highest BCUT2D eigenvalue weighted by atomic mass is 35.5. The SMILES string of the molecule is O=C(CCc1nc2ccccc2[nH]1)N1CCN(Cc2nc(-c3ccc(Cl)cc3)no2)CC1. The number of aryl methyl sites for hydroxylation is 1.